The molecule has 0 heterocycles. The summed E-state index contributed by atoms with van der Waals surface area (Å²) in [4.78, 5) is 11.0. The summed E-state index contributed by atoms with van der Waals surface area (Å²) in [7, 11) is 1.87. The summed E-state index contributed by atoms with van der Waals surface area (Å²) in [5.41, 5.74) is 1.02. The number of ether oxygens (including phenoxy) is 6. The lowest BCUT2D eigenvalue weighted by molar-refractivity contribution is -0.137. The molecule has 3 aromatic carbocycles. The summed E-state index contributed by atoms with van der Waals surface area (Å²) in [6.07, 6.45) is 2.66. The maximum atomic E-state index is 11.0. The van der Waals surface area contributed by atoms with Gasteiger partial charge in [0.2, 0.25) is 13.6 Å². The van der Waals surface area contributed by atoms with Crippen molar-refractivity contribution in [1.82, 2.24) is 0 Å². The van der Waals surface area contributed by atoms with E-state index in [1.54, 1.807) is 24.3 Å². The van der Waals surface area contributed by atoms with Crippen molar-refractivity contribution in [3.05, 3.63) is 85.5 Å². The lowest BCUT2D eigenvalue weighted by Gasteiger charge is -2.11. The van der Waals surface area contributed by atoms with Crippen LogP contribution in [0.1, 0.15) is 12.8 Å². The Labute approximate surface area is 211 Å². The van der Waals surface area contributed by atoms with Crippen LogP contribution >= 0.6 is 0 Å². The van der Waals surface area contributed by atoms with Gasteiger partial charge in [-0.15, -0.1) is 0 Å². The maximum absolute atomic E-state index is 11.0. The second kappa shape index (κ2) is 14.8. The monoisotopic (exact) mass is 493 g/mol. The number of rotatable bonds is 16. The van der Waals surface area contributed by atoms with E-state index in [2.05, 4.69) is 11.9 Å². The molecule has 0 bridgehead atoms. The molecule has 0 aromatic heterocycles. The molecule has 0 amide bonds. The Bertz CT molecular complexity index is 1050. The van der Waals surface area contributed by atoms with Crippen molar-refractivity contribution in [3.8, 4) is 28.7 Å². The van der Waals surface area contributed by atoms with Crippen LogP contribution in [0.3, 0.4) is 0 Å². The van der Waals surface area contributed by atoms with Crippen molar-refractivity contribution < 1.29 is 33.2 Å². The number of carbonyl (C=O) groups is 1. The molecule has 8 nitrogen and oxygen atoms in total. The first-order valence-corrected chi connectivity index (χ1v) is 11.6. The fourth-order valence-corrected chi connectivity index (χ4v) is 2.94. The van der Waals surface area contributed by atoms with Crippen molar-refractivity contribution in [2.24, 2.45) is 0 Å². The zero-order chi connectivity index (χ0) is 25.4. The third-order valence-corrected chi connectivity index (χ3v) is 4.91. The van der Waals surface area contributed by atoms with Gasteiger partial charge in [-0.05, 0) is 85.6 Å². The normalized spacial score (nSPS) is 10.1. The van der Waals surface area contributed by atoms with Gasteiger partial charge in [0.25, 0.3) is 0 Å². The van der Waals surface area contributed by atoms with Crippen LogP contribution in [0.4, 0.5) is 5.69 Å². The van der Waals surface area contributed by atoms with Crippen LogP contribution in [0.2, 0.25) is 0 Å². The molecule has 0 atom stereocenters. The third-order valence-electron chi connectivity index (χ3n) is 4.91. The number of carbonyl (C=O) groups excluding carboxylic acids is 1. The summed E-state index contributed by atoms with van der Waals surface area (Å²) in [5, 5.41) is 3.06. The van der Waals surface area contributed by atoms with E-state index in [-0.39, 0.29) is 13.6 Å². The molecular weight excluding hydrogens is 462 g/mol. The van der Waals surface area contributed by atoms with E-state index in [9.17, 15) is 4.79 Å². The number of nitrogens with one attached hydrogen (secondary N) is 1. The molecule has 0 saturated carbocycles. The van der Waals surface area contributed by atoms with Gasteiger partial charge in [-0.25, -0.2) is 4.79 Å². The van der Waals surface area contributed by atoms with Crippen molar-refractivity contribution in [2.45, 2.75) is 12.8 Å². The van der Waals surface area contributed by atoms with Gasteiger partial charge in [0.15, 0.2) is 0 Å². The Morgan fingerprint density at radius 3 is 1.47 bits per heavy atom. The van der Waals surface area contributed by atoms with Gasteiger partial charge in [0.05, 0.1) is 13.2 Å². The molecule has 0 spiro atoms. The van der Waals surface area contributed by atoms with Gasteiger partial charge >= 0.3 is 5.97 Å². The van der Waals surface area contributed by atoms with Gasteiger partial charge in [-0.1, -0.05) is 6.58 Å². The quantitative estimate of drug-likeness (QED) is 0.122. The summed E-state index contributed by atoms with van der Waals surface area (Å²) in [6, 6.07) is 22.1. The molecular formula is C28H31NO7. The van der Waals surface area contributed by atoms with Crippen LogP contribution in [-0.2, 0) is 9.53 Å². The van der Waals surface area contributed by atoms with E-state index < -0.39 is 5.97 Å². The molecule has 0 aliphatic carbocycles. The lowest BCUT2D eigenvalue weighted by atomic mass is 10.3. The molecule has 3 aromatic rings. The van der Waals surface area contributed by atoms with Crippen molar-refractivity contribution in [1.29, 1.82) is 0 Å². The largest absolute Gasteiger partial charge is 0.494 e. The highest BCUT2D eigenvalue weighted by Gasteiger charge is 2.01. The van der Waals surface area contributed by atoms with Gasteiger partial charge in [-0.2, -0.15) is 0 Å². The fraction of sp³-hybridized carbons (Fsp3) is 0.250. The molecule has 0 aliphatic rings. The SMILES string of the molecule is C=CC(=O)OCCCCOc1ccc(OCOc2ccc(OCOc3ccc(NC)cc3)cc2)cc1. The second-order valence-corrected chi connectivity index (χ2v) is 7.46. The fourth-order valence-electron chi connectivity index (χ4n) is 2.94. The number of anilines is 1. The highest BCUT2D eigenvalue weighted by molar-refractivity contribution is 5.81. The molecule has 0 fully saturated rings. The number of hydrogen-bond donors (Lipinski definition) is 1. The zero-order valence-corrected chi connectivity index (χ0v) is 20.3. The topological polar surface area (TPSA) is 84.5 Å². The summed E-state index contributed by atoms with van der Waals surface area (Å²) < 4.78 is 33.0. The zero-order valence-electron chi connectivity index (χ0n) is 20.3. The van der Waals surface area contributed by atoms with E-state index >= 15 is 0 Å². The van der Waals surface area contributed by atoms with E-state index in [0.717, 1.165) is 36.1 Å². The number of benzene rings is 3. The highest BCUT2D eigenvalue weighted by atomic mass is 16.7. The van der Waals surface area contributed by atoms with Crippen molar-refractivity contribution >= 4 is 11.7 Å². The van der Waals surface area contributed by atoms with E-state index in [4.69, 9.17) is 28.4 Å². The first-order valence-electron chi connectivity index (χ1n) is 11.6. The molecule has 0 radical (unpaired) electrons. The molecule has 3 rings (SSSR count). The minimum Gasteiger partial charge on any atom is -0.494 e. The first-order chi connectivity index (χ1) is 17.7. The number of unbranched alkanes of at least 4 members (excludes halogenated alkanes) is 1. The average molecular weight is 494 g/mol. The van der Waals surface area contributed by atoms with Crippen LogP contribution in [0.15, 0.2) is 85.5 Å². The summed E-state index contributed by atoms with van der Waals surface area (Å²) in [6.45, 7) is 4.41. The number of esters is 1. The first kappa shape index (κ1) is 26.3. The Morgan fingerprint density at radius 2 is 1.06 bits per heavy atom. The maximum Gasteiger partial charge on any atom is 0.330 e. The molecule has 1 N–H and O–H groups in total. The van der Waals surface area contributed by atoms with E-state index in [1.165, 1.54) is 0 Å². The third kappa shape index (κ3) is 9.50. The minimum absolute atomic E-state index is 0.0650. The Kier molecular flexibility index (Phi) is 10.8. The van der Waals surface area contributed by atoms with Crippen LogP contribution in [0.25, 0.3) is 0 Å². The predicted molar refractivity (Wildman–Crippen MR) is 137 cm³/mol. The van der Waals surface area contributed by atoms with Crippen molar-refractivity contribution in [2.75, 3.05) is 39.2 Å². The van der Waals surface area contributed by atoms with Crippen LogP contribution in [0, 0.1) is 0 Å². The number of hydrogen-bond acceptors (Lipinski definition) is 8. The van der Waals surface area contributed by atoms with E-state index in [0.29, 0.717) is 30.5 Å². The van der Waals surface area contributed by atoms with E-state index in [1.807, 2.05) is 55.6 Å². The van der Waals surface area contributed by atoms with Gasteiger partial charge in [0.1, 0.15) is 28.7 Å². The average Bonchev–Trinajstić information content (AvgIpc) is 2.92. The van der Waals surface area contributed by atoms with Crippen LogP contribution in [-0.4, -0.2) is 39.8 Å². The second-order valence-electron chi connectivity index (χ2n) is 7.46. The Balaban J connectivity index is 1.28. The summed E-state index contributed by atoms with van der Waals surface area (Å²) >= 11 is 0. The summed E-state index contributed by atoms with van der Waals surface area (Å²) in [5.74, 6) is 3.05. The molecule has 0 saturated heterocycles. The molecule has 0 unspecified atom stereocenters. The Hall–Kier alpha value is -4.33. The minimum atomic E-state index is -0.407. The van der Waals surface area contributed by atoms with Crippen molar-refractivity contribution in [3.63, 3.8) is 0 Å². The molecule has 0 aliphatic heterocycles. The van der Waals surface area contributed by atoms with Crippen LogP contribution in [0.5, 0.6) is 28.7 Å². The van der Waals surface area contributed by atoms with Gasteiger partial charge in [-0.3, -0.25) is 0 Å². The molecule has 36 heavy (non-hydrogen) atoms. The predicted octanol–water partition coefficient (Wildman–Crippen LogP) is 5.45. The standard InChI is InChI=1S/C28H31NO7/c1-3-28(30)32-19-5-4-18-31-23-10-12-25(13-11-23)35-21-36-27-16-14-26(15-17-27)34-20-33-24-8-6-22(29-2)7-9-24/h3,6-17,29H,1,4-5,18-21H2,2H3. The van der Waals surface area contributed by atoms with Gasteiger partial charge in [0, 0.05) is 18.8 Å². The Morgan fingerprint density at radius 1 is 0.667 bits per heavy atom. The molecule has 190 valence electrons. The molecule has 8 heteroatoms. The van der Waals surface area contributed by atoms with Crippen LogP contribution < -0.4 is 29.0 Å². The lowest BCUT2D eigenvalue weighted by Crippen LogP contribution is -2.07. The smallest absolute Gasteiger partial charge is 0.330 e. The van der Waals surface area contributed by atoms with Gasteiger partial charge < -0.3 is 33.7 Å². The highest BCUT2D eigenvalue weighted by Crippen LogP contribution is 2.21.